The molecule has 1 fully saturated rings. The predicted octanol–water partition coefficient (Wildman–Crippen LogP) is -0.0820. The molecule has 0 saturated carbocycles. The maximum Gasteiger partial charge on any atom is 0.269 e. The molecule has 1 saturated heterocycles. The first kappa shape index (κ1) is 11.0. The number of aromatic amines is 1. The van der Waals surface area contributed by atoms with Gasteiger partial charge in [-0.2, -0.15) is 5.21 Å². The van der Waals surface area contributed by atoms with Gasteiger partial charge in [0.1, 0.15) is 0 Å². The van der Waals surface area contributed by atoms with Crippen LogP contribution in [-0.2, 0) is 4.79 Å². The van der Waals surface area contributed by atoms with Crippen molar-refractivity contribution in [1.29, 1.82) is 0 Å². The van der Waals surface area contributed by atoms with Crippen molar-refractivity contribution in [1.82, 2.24) is 25.9 Å². The number of aromatic nitrogens is 4. The highest BCUT2D eigenvalue weighted by Gasteiger charge is 2.14. The number of piperidine rings is 1. The van der Waals surface area contributed by atoms with Crippen molar-refractivity contribution in [3.05, 3.63) is 0 Å². The molecule has 1 aromatic heterocycles. The number of H-pyrrole nitrogens is 1. The number of nitrogens with one attached hydrogen (secondary N) is 3. The first-order valence-corrected chi connectivity index (χ1v) is 5.58. The summed E-state index contributed by atoms with van der Waals surface area (Å²) in [6.45, 7) is 2.13. The maximum atomic E-state index is 11.5. The number of hydrogen-bond donors (Lipinski definition) is 3. The van der Waals surface area contributed by atoms with E-state index in [1.165, 1.54) is 0 Å². The van der Waals surface area contributed by atoms with Gasteiger partial charge in [0.25, 0.3) is 5.95 Å². The van der Waals surface area contributed by atoms with Gasteiger partial charge in [-0.25, -0.2) is 0 Å². The number of rotatable bonds is 4. The molecule has 3 N–H and O–H groups in total. The Morgan fingerprint density at radius 3 is 2.94 bits per heavy atom. The molecule has 16 heavy (non-hydrogen) atoms. The summed E-state index contributed by atoms with van der Waals surface area (Å²) in [7, 11) is 0. The minimum atomic E-state index is -0.0417. The Hall–Kier alpha value is -1.50. The molecule has 1 amide bonds. The zero-order valence-corrected chi connectivity index (χ0v) is 9.07. The van der Waals surface area contributed by atoms with Crippen LogP contribution in [0.5, 0.6) is 0 Å². The zero-order chi connectivity index (χ0) is 11.2. The van der Waals surface area contributed by atoms with Gasteiger partial charge in [0, 0.05) is 6.42 Å². The fourth-order valence-electron chi connectivity index (χ4n) is 1.91. The summed E-state index contributed by atoms with van der Waals surface area (Å²) in [5.74, 6) is 0.868. The Balaban J connectivity index is 1.67. The normalized spacial score (nSPS) is 17.2. The average Bonchev–Trinajstić information content (AvgIpc) is 2.81. The molecular weight excluding hydrogens is 208 g/mol. The van der Waals surface area contributed by atoms with E-state index in [9.17, 15) is 4.79 Å². The lowest BCUT2D eigenvalue weighted by molar-refractivity contribution is -0.116. The second-order valence-electron chi connectivity index (χ2n) is 4.02. The molecule has 7 nitrogen and oxygen atoms in total. The molecular formula is C9H16N6O. The Labute approximate surface area is 93.4 Å². The third-order valence-electron chi connectivity index (χ3n) is 2.83. The Morgan fingerprint density at radius 1 is 1.44 bits per heavy atom. The molecule has 1 aliphatic heterocycles. The van der Waals surface area contributed by atoms with E-state index in [4.69, 9.17) is 0 Å². The standard InChI is InChI=1S/C9H16N6O/c16-8(11-9-12-14-15-13-9)2-1-7-3-5-10-6-4-7/h7,10H,1-6H2,(H2,11,12,13,14,15,16). The van der Waals surface area contributed by atoms with Crippen LogP contribution in [-0.4, -0.2) is 39.6 Å². The van der Waals surface area contributed by atoms with Gasteiger partial charge in [0.05, 0.1) is 0 Å². The van der Waals surface area contributed by atoms with Gasteiger partial charge in [-0.3, -0.25) is 10.1 Å². The van der Waals surface area contributed by atoms with E-state index in [-0.39, 0.29) is 11.9 Å². The van der Waals surface area contributed by atoms with Crippen LogP contribution in [0.1, 0.15) is 25.7 Å². The first-order valence-electron chi connectivity index (χ1n) is 5.58. The lowest BCUT2D eigenvalue weighted by Crippen LogP contribution is -2.28. The van der Waals surface area contributed by atoms with E-state index in [1.54, 1.807) is 0 Å². The summed E-state index contributed by atoms with van der Waals surface area (Å²) >= 11 is 0. The summed E-state index contributed by atoms with van der Waals surface area (Å²) in [6.07, 6.45) is 3.79. The third-order valence-corrected chi connectivity index (χ3v) is 2.83. The number of amides is 1. The Kier molecular flexibility index (Phi) is 3.81. The fourth-order valence-corrected chi connectivity index (χ4v) is 1.91. The summed E-state index contributed by atoms with van der Waals surface area (Å²) < 4.78 is 0. The Bertz CT molecular complexity index is 319. The molecule has 0 radical (unpaired) electrons. The number of hydrogen-bond acceptors (Lipinski definition) is 5. The number of carbonyl (C=O) groups excluding carboxylic acids is 1. The predicted molar refractivity (Wildman–Crippen MR) is 57.6 cm³/mol. The second-order valence-corrected chi connectivity index (χ2v) is 4.02. The van der Waals surface area contributed by atoms with Crippen LogP contribution < -0.4 is 10.6 Å². The van der Waals surface area contributed by atoms with Crippen molar-refractivity contribution in [2.24, 2.45) is 5.92 Å². The number of carbonyl (C=O) groups is 1. The van der Waals surface area contributed by atoms with Crippen LogP contribution in [0.2, 0.25) is 0 Å². The SMILES string of the molecule is O=C(CCC1CCNCC1)Nc1nn[nH]n1. The lowest BCUT2D eigenvalue weighted by Gasteiger charge is -2.21. The number of nitrogens with zero attached hydrogens (tertiary/aromatic N) is 3. The van der Waals surface area contributed by atoms with Crippen LogP contribution in [0, 0.1) is 5.92 Å². The highest BCUT2D eigenvalue weighted by Crippen LogP contribution is 2.17. The highest BCUT2D eigenvalue weighted by molar-refractivity contribution is 5.88. The minimum absolute atomic E-state index is 0.0417. The van der Waals surface area contributed by atoms with Crippen molar-refractivity contribution >= 4 is 11.9 Å². The quantitative estimate of drug-likeness (QED) is 0.664. The van der Waals surface area contributed by atoms with Gasteiger partial charge in [-0.1, -0.05) is 5.10 Å². The fraction of sp³-hybridized carbons (Fsp3) is 0.778. The van der Waals surface area contributed by atoms with Crippen LogP contribution in [0.3, 0.4) is 0 Å². The molecule has 2 heterocycles. The maximum absolute atomic E-state index is 11.5. The average molecular weight is 224 g/mol. The van der Waals surface area contributed by atoms with Crippen molar-refractivity contribution in [2.75, 3.05) is 18.4 Å². The monoisotopic (exact) mass is 224 g/mol. The summed E-state index contributed by atoms with van der Waals surface area (Å²) in [6, 6.07) is 0. The molecule has 0 unspecified atom stereocenters. The molecule has 0 atom stereocenters. The first-order chi connectivity index (χ1) is 7.84. The van der Waals surface area contributed by atoms with E-state index < -0.39 is 0 Å². The summed E-state index contributed by atoms with van der Waals surface area (Å²) in [4.78, 5) is 11.5. The van der Waals surface area contributed by atoms with Gasteiger partial charge in [0.15, 0.2) is 0 Å². The largest absolute Gasteiger partial charge is 0.317 e. The van der Waals surface area contributed by atoms with Crippen LogP contribution in [0.25, 0.3) is 0 Å². The molecule has 0 aliphatic carbocycles. The molecule has 1 aromatic rings. The van der Waals surface area contributed by atoms with Crippen LogP contribution in [0.15, 0.2) is 0 Å². The smallest absolute Gasteiger partial charge is 0.269 e. The van der Waals surface area contributed by atoms with E-state index in [0.29, 0.717) is 12.3 Å². The Morgan fingerprint density at radius 2 is 2.25 bits per heavy atom. The highest BCUT2D eigenvalue weighted by atomic mass is 16.1. The molecule has 7 heteroatoms. The van der Waals surface area contributed by atoms with Crippen LogP contribution in [0.4, 0.5) is 5.95 Å². The summed E-state index contributed by atoms with van der Waals surface area (Å²) in [5.41, 5.74) is 0. The summed E-state index contributed by atoms with van der Waals surface area (Å²) in [5, 5.41) is 18.9. The van der Waals surface area contributed by atoms with Gasteiger partial charge < -0.3 is 5.32 Å². The van der Waals surface area contributed by atoms with E-state index in [1.807, 2.05) is 0 Å². The van der Waals surface area contributed by atoms with Crippen molar-refractivity contribution in [3.63, 3.8) is 0 Å². The molecule has 88 valence electrons. The van der Waals surface area contributed by atoms with Crippen LogP contribution >= 0.6 is 0 Å². The minimum Gasteiger partial charge on any atom is -0.317 e. The zero-order valence-electron chi connectivity index (χ0n) is 9.07. The van der Waals surface area contributed by atoms with Crippen molar-refractivity contribution in [2.45, 2.75) is 25.7 Å². The molecule has 0 bridgehead atoms. The second kappa shape index (κ2) is 5.55. The molecule has 2 rings (SSSR count). The lowest BCUT2D eigenvalue weighted by atomic mass is 9.93. The van der Waals surface area contributed by atoms with Gasteiger partial charge in [-0.05, 0) is 43.5 Å². The van der Waals surface area contributed by atoms with Gasteiger partial charge >= 0.3 is 0 Å². The van der Waals surface area contributed by atoms with E-state index in [0.717, 1.165) is 32.4 Å². The van der Waals surface area contributed by atoms with Gasteiger partial charge in [-0.15, -0.1) is 5.10 Å². The molecule has 0 aromatic carbocycles. The van der Waals surface area contributed by atoms with Crippen molar-refractivity contribution < 1.29 is 4.79 Å². The van der Waals surface area contributed by atoms with E-state index >= 15 is 0 Å². The van der Waals surface area contributed by atoms with E-state index in [2.05, 4.69) is 31.3 Å². The van der Waals surface area contributed by atoms with Gasteiger partial charge in [0.2, 0.25) is 5.91 Å². The number of tetrazole rings is 1. The topological polar surface area (TPSA) is 95.6 Å². The molecule has 0 spiro atoms. The van der Waals surface area contributed by atoms with Crippen molar-refractivity contribution in [3.8, 4) is 0 Å². The molecule has 1 aliphatic rings. The number of anilines is 1. The third kappa shape index (κ3) is 3.27.